The van der Waals surface area contributed by atoms with Gasteiger partial charge in [-0.05, 0) is 49.2 Å². The van der Waals surface area contributed by atoms with Gasteiger partial charge in [-0.3, -0.25) is 0 Å². The lowest BCUT2D eigenvalue weighted by molar-refractivity contribution is 0.0803. The third-order valence-corrected chi connectivity index (χ3v) is 4.29. The molecule has 1 fully saturated rings. The van der Waals surface area contributed by atoms with E-state index in [1.807, 2.05) is 36.4 Å². The molecule has 0 spiro atoms. The van der Waals surface area contributed by atoms with Crippen LogP contribution in [-0.2, 0) is 11.3 Å². The van der Waals surface area contributed by atoms with Crippen LogP contribution in [0.3, 0.4) is 0 Å². The minimum absolute atomic E-state index is 0.0978. The van der Waals surface area contributed by atoms with Gasteiger partial charge in [0.15, 0.2) is 0 Å². The molecule has 1 aromatic heterocycles. The molecule has 122 valence electrons. The van der Waals surface area contributed by atoms with E-state index >= 15 is 0 Å². The summed E-state index contributed by atoms with van der Waals surface area (Å²) in [6.45, 7) is 1.76. The van der Waals surface area contributed by atoms with E-state index in [0.29, 0.717) is 13.1 Å². The summed E-state index contributed by atoms with van der Waals surface area (Å²) in [5.74, 6) is 0.758. The third-order valence-electron chi connectivity index (χ3n) is 3.76. The average Bonchev–Trinajstić information content (AvgIpc) is 3.22. The van der Waals surface area contributed by atoms with E-state index in [9.17, 15) is 4.79 Å². The number of nitrogens with one attached hydrogen (secondary N) is 1. The topological polar surface area (TPSA) is 54.7 Å². The first-order chi connectivity index (χ1) is 11.2. The molecule has 0 aliphatic carbocycles. The molecule has 0 bridgehead atoms. The molecule has 2 aromatic rings. The fourth-order valence-corrected chi connectivity index (χ4v) is 2.84. The second-order valence-corrected chi connectivity index (χ2v) is 6.45. The van der Waals surface area contributed by atoms with Crippen LogP contribution in [0.15, 0.2) is 51.6 Å². The molecule has 0 radical (unpaired) electrons. The molecule has 5 nitrogen and oxygen atoms in total. The Kier molecular flexibility index (Phi) is 5.35. The van der Waals surface area contributed by atoms with Gasteiger partial charge in [0, 0.05) is 23.3 Å². The SMILES string of the molecule is O=C(Nc1ccc(Br)cc1)N(Cc1ccco1)CC1CCCO1. The number of halogens is 1. The maximum atomic E-state index is 12.6. The summed E-state index contributed by atoms with van der Waals surface area (Å²) in [4.78, 5) is 14.4. The number of urea groups is 1. The number of anilines is 1. The maximum Gasteiger partial charge on any atom is 0.322 e. The zero-order valence-electron chi connectivity index (χ0n) is 12.7. The number of rotatable bonds is 5. The molecule has 23 heavy (non-hydrogen) atoms. The Morgan fingerprint density at radius 1 is 1.30 bits per heavy atom. The van der Waals surface area contributed by atoms with Crippen LogP contribution in [-0.4, -0.2) is 30.2 Å². The number of carbonyl (C=O) groups is 1. The highest BCUT2D eigenvalue weighted by Crippen LogP contribution is 2.18. The van der Waals surface area contributed by atoms with Crippen molar-refractivity contribution in [3.8, 4) is 0 Å². The Morgan fingerprint density at radius 2 is 2.13 bits per heavy atom. The fraction of sp³-hybridized carbons (Fsp3) is 0.353. The lowest BCUT2D eigenvalue weighted by Gasteiger charge is -2.25. The number of hydrogen-bond donors (Lipinski definition) is 1. The summed E-state index contributed by atoms with van der Waals surface area (Å²) in [5.41, 5.74) is 0.759. The number of benzene rings is 1. The van der Waals surface area contributed by atoms with Gasteiger partial charge < -0.3 is 19.4 Å². The number of furan rings is 1. The Balaban J connectivity index is 1.67. The van der Waals surface area contributed by atoms with Gasteiger partial charge in [0.25, 0.3) is 0 Å². The molecule has 1 N–H and O–H groups in total. The third kappa shape index (κ3) is 4.59. The Labute approximate surface area is 143 Å². The predicted molar refractivity (Wildman–Crippen MR) is 91.3 cm³/mol. The molecule has 1 aliphatic heterocycles. The van der Waals surface area contributed by atoms with Gasteiger partial charge in [-0.2, -0.15) is 0 Å². The van der Waals surface area contributed by atoms with Crippen LogP contribution in [0.1, 0.15) is 18.6 Å². The van der Waals surface area contributed by atoms with Gasteiger partial charge in [-0.1, -0.05) is 15.9 Å². The highest BCUT2D eigenvalue weighted by molar-refractivity contribution is 9.10. The number of hydrogen-bond acceptors (Lipinski definition) is 3. The van der Waals surface area contributed by atoms with Crippen molar-refractivity contribution >= 4 is 27.6 Å². The van der Waals surface area contributed by atoms with Crippen LogP contribution < -0.4 is 5.32 Å². The van der Waals surface area contributed by atoms with Crippen molar-refractivity contribution < 1.29 is 13.9 Å². The standard InChI is InChI=1S/C17H19BrN2O3/c18-13-5-7-14(8-6-13)19-17(21)20(11-15-3-1-9-22-15)12-16-4-2-10-23-16/h1,3,5-9,16H,2,4,10-12H2,(H,19,21). The maximum absolute atomic E-state index is 12.6. The summed E-state index contributed by atoms with van der Waals surface area (Å²) in [6, 6.07) is 11.1. The van der Waals surface area contributed by atoms with E-state index < -0.39 is 0 Å². The minimum atomic E-state index is -0.153. The average molecular weight is 379 g/mol. The van der Waals surface area contributed by atoms with Gasteiger partial charge in [-0.15, -0.1) is 0 Å². The molecular formula is C17H19BrN2O3. The van der Waals surface area contributed by atoms with Gasteiger partial charge in [0.1, 0.15) is 5.76 Å². The number of carbonyl (C=O) groups excluding carboxylic acids is 1. The van der Waals surface area contributed by atoms with Crippen LogP contribution in [0, 0.1) is 0 Å². The van der Waals surface area contributed by atoms with E-state index in [-0.39, 0.29) is 12.1 Å². The molecule has 3 rings (SSSR count). The zero-order chi connectivity index (χ0) is 16.1. The number of ether oxygens (including phenoxy) is 1. The van der Waals surface area contributed by atoms with Crippen molar-refractivity contribution in [2.45, 2.75) is 25.5 Å². The number of nitrogens with zero attached hydrogens (tertiary/aromatic N) is 1. The first-order valence-electron chi connectivity index (χ1n) is 7.66. The van der Waals surface area contributed by atoms with Crippen molar-refractivity contribution in [3.05, 3.63) is 52.9 Å². The fourth-order valence-electron chi connectivity index (χ4n) is 2.58. The van der Waals surface area contributed by atoms with Crippen molar-refractivity contribution in [3.63, 3.8) is 0 Å². The van der Waals surface area contributed by atoms with Crippen molar-refractivity contribution in [1.82, 2.24) is 4.90 Å². The monoisotopic (exact) mass is 378 g/mol. The molecule has 2 amide bonds. The second kappa shape index (κ2) is 7.66. The zero-order valence-corrected chi connectivity index (χ0v) is 14.3. The van der Waals surface area contributed by atoms with Gasteiger partial charge in [0.05, 0.1) is 18.9 Å². The smallest absolute Gasteiger partial charge is 0.322 e. The largest absolute Gasteiger partial charge is 0.467 e. The summed E-state index contributed by atoms with van der Waals surface area (Å²) in [6.07, 6.45) is 3.75. The summed E-state index contributed by atoms with van der Waals surface area (Å²) >= 11 is 3.39. The van der Waals surface area contributed by atoms with E-state index in [2.05, 4.69) is 21.2 Å². The molecule has 1 aromatic carbocycles. The first kappa shape index (κ1) is 16.1. The minimum Gasteiger partial charge on any atom is -0.467 e. The molecule has 1 atom stereocenters. The predicted octanol–water partition coefficient (Wildman–Crippen LogP) is 4.26. The molecule has 1 aliphatic rings. The van der Waals surface area contributed by atoms with Gasteiger partial charge in [-0.25, -0.2) is 4.79 Å². The lowest BCUT2D eigenvalue weighted by atomic mass is 10.2. The first-order valence-corrected chi connectivity index (χ1v) is 8.45. The van der Waals surface area contributed by atoms with E-state index in [4.69, 9.17) is 9.15 Å². The van der Waals surface area contributed by atoms with Crippen LogP contribution in [0.25, 0.3) is 0 Å². The Bertz CT molecular complexity index is 622. The molecule has 1 unspecified atom stereocenters. The van der Waals surface area contributed by atoms with Crippen molar-refractivity contribution in [2.75, 3.05) is 18.5 Å². The summed E-state index contributed by atoms with van der Waals surface area (Å²) in [7, 11) is 0. The molecule has 6 heteroatoms. The summed E-state index contributed by atoms with van der Waals surface area (Å²) < 4.78 is 12.0. The Morgan fingerprint density at radius 3 is 2.78 bits per heavy atom. The molecule has 2 heterocycles. The Hall–Kier alpha value is -1.79. The summed E-state index contributed by atoms with van der Waals surface area (Å²) in [5, 5.41) is 2.92. The van der Waals surface area contributed by atoms with Gasteiger partial charge >= 0.3 is 6.03 Å². The van der Waals surface area contributed by atoms with Crippen LogP contribution in [0.2, 0.25) is 0 Å². The van der Waals surface area contributed by atoms with E-state index in [1.54, 1.807) is 11.2 Å². The quantitative estimate of drug-likeness (QED) is 0.845. The van der Waals surface area contributed by atoms with Crippen LogP contribution >= 0.6 is 15.9 Å². The lowest BCUT2D eigenvalue weighted by Crippen LogP contribution is -2.39. The molecule has 1 saturated heterocycles. The highest BCUT2D eigenvalue weighted by Gasteiger charge is 2.23. The van der Waals surface area contributed by atoms with Gasteiger partial charge in [0.2, 0.25) is 0 Å². The normalized spacial score (nSPS) is 17.2. The highest BCUT2D eigenvalue weighted by atomic mass is 79.9. The second-order valence-electron chi connectivity index (χ2n) is 5.53. The van der Waals surface area contributed by atoms with Crippen molar-refractivity contribution in [1.29, 1.82) is 0 Å². The number of amides is 2. The van der Waals surface area contributed by atoms with Crippen LogP contribution in [0.5, 0.6) is 0 Å². The molecular weight excluding hydrogens is 360 g/mol. The van der Waals surface area contributed by atoms with E-state index in [1.165, 1.54) is 0 Å². The van der Waals surface area contributed by atoms with Crippen LogP contribution in [0.4, 0.5) is 10.5 Å². The molecule has 0 saturated carbocycles. The van der Waals surface area contributed by atoms with Crippen molar-refractivity contribution in [2.24, 2.45) is 0 Å². The van der Waals surface area contributed by atoms with E-state index in [0.717, 1.165) is 35.4 Å².